The van der Waals surface area contributed by atoms with Crippen LogP contribution in [0, 0.1) is 12.8 Å². The maximum atomic E-state index is 12.4. The highest BCUT2D eigenvalue weighted by molar-refractivity contribution is 5.96. The molecular formula is C16H24N2O2. The van der Waals surface area contributed by atoms with Gasteiger partial charge in [-0.05, 0) is 62.3 Å². The summed E-state index contributed by atoms with van der Waals surface area (Å²) in [5.74, 6) is 0.795. The summed E-state index contributed by atoms with van der Waals surface area (Å²) < 4.78 is 0. The number of phenolic OH excluding ortho intramolecular Hbond substituents is 1. The van der Waals surface area contributed by atoms with E-state index in [-0.39, 0.29) is 17.2 Å². The summed E-state index contributed by atoms with van der Waals surface area (Å²) in [6.45, 7) is 4.54. The molecule has 1 saturated carbocycles. The van der Waals surface area contributed by atoms with Crippen molar-refractivity contribution in [1.82, 2.24) is 5.32 Å². The molecule has 4 heteroatoms. The lowest BCUT2D eigenvalue weighted by Gasteiger charge is -2.39. The second kappa shape index (κ2) is 5.83. The highest BCUT2D eigenvalue weighted by atomic mass is 16.3. The molecule has 0 heterocycles. The van der Waals surface area contributed by atoms with Crippen LogP contribution in [-0.2, 0) is 0 Å². The number of rotatable bonds is 3. The molecule has 1 aliphatic carbocycles. The molecule has 1 aliphatic rings. The summed E-state index contributed by atoms with van der Waals surface area (Å²) in [6, 6.07) is 4.81. The summed E-state index contributed by atoms with van der Waals surface area (Å²) in [6.07, 6.45) is 4.08. The molecule has 4 nitrogen and oxygen atoms in total. The van der Waals surface area contributed by atoms with E-state index >= 15 is 0 Å². The molecule has 1 aromatic carbocycles. The monoisotopic (exact) mass is 276 g/mol. The highest BCUT2D eigenvalue weighted by Gasteiger charge is 2.34. The Balaban J connectivity index is 2.13. The zero-order chi connectivity index (χ0) is 14.8. The smallest absolute Gasteiger partial charge is 0.252 e. The van der Waals surface area contributed by atoms with Crippen molar-refractivity contribution in [3.8, 4) is 5.75 Å². The minimum atomic E-state index is -0.270. The van der Waals surface area contributed by atoms with Crippen LogP contribution < -0.4 is 11.1 Å². The third-order valence-electron chi connectivity index (χ3n) is 4.46. The van der Waals surface area contributed by atoms with E-state index < -0.39 is 0 Å². The molecule has 1 amide bonds. The van der Waals surface area contributed by atoms with Crippen LogP contribution in [0.3, 0.4) is 0 Å². The van der Waals surface area contributed by atoms with Gasteiger partial charge in [0.2, 0.25) is 0 Å². The molecule has 1 aromatic rings. The Hall–Kier alpha value is -1.55. The van der Waals surface area contributed by atoms with Gasteiger partial charge in [-0.3, -0.25) is 4.79 Å². The van der Waals surface area contributed by atoms with Gasteiger partial charge in [-0.25, -0.2) is 0 Å². The van der Waals surface area contributed by atoms with Gasteiger partial charge in [0.05, 0.1) is 5.54 Å². The van der Waals surface area contributed by atoms with Crippen molar-refractivity contribution in [2.24, 2.45) is 11.7 Å². The van der Waals surface area contributed by atoms with Gasteiger partial charge >= 0.3 is 0 Å². The Morgan fingerprint density at radius 1 is 1.45 bits per heavy atom. The van der Waals surface area contributed by atoms with E-state index in [0.29, 0.717) is 18.0 Å². The first-order valence-corrected chi connectivity index (χ1v) is 7.28. The van der Waals surface area contributed by atoms with Crippen molar-refractivity contribution < 1.29 is 9.90 Å². The number of aryl methyl sites for hydroxylation is 1. The summed E-state index contributed by atoms with van der Waals surface area (Å²) in [4.78, 5) is 12.4. The molecule has 2 rings (SSSR count). The Labute approximate surface area is 120 Å². The largest absolute Gasteiger partial charge is 0.508 e. The lowest BCUT2D eigenvalue weighted by atomic mass is 9.77. The lowest BCUT2D eigenvalue weighted by molar-refractivity contribution is 0.0859. The first-order valence-electron chi connectivity index (χ1n) is 7.28. The number of amides is 1. The van der Waals surface area contributed by atoms with Gasteiger partial charge in [0.25, 0.3) is 5.91 Å². The van der Waals surface area contributed by atoms with Gasteiger partial charge in [0.15, 0.2) is 0 Å². The number of hydrogen-bond donors (Lipinski definition) is 3. The molecule has 0 bridgehead atoms. The Bertz CT molecular complexity index is 491. The van der Waals surface area contributed by atoms with Crippen LogP contribution in [0.15, 0.2) is 18.2 Å². The van der Waals surface area contributed by atoms with E-state index in [4.69, 9.17) is 5.73 Å². The van der Waals surface area contributed by atoms with Crippen LogP contribution in [0.2, 0.25) is 0 Å². The van der Waals surface area contributed by atoms with Crippen molar-refractivity contribution in [2.75, 3.05) is 6.54 Å². The van der Waals surface area contributed by atoms with E-state index in [0.717, 1.165) is 31.2 Å². The van der Waals surface area contributed by atoms with E-state index in [1.165, 1.54) is 0 Å². The van der Waals surface area contributed by atoms with E-state index in [2.05, 4.69) is 12.2 Å². The number of benzene rings is 1. The average molecular weight is 276 g/mol. The molecular weight excluding hydrogens is 252 g/mol. The molecule has 20 heavy (non-hydrogen) atoms. The quantitative estimate of drug-likeness (QED) is 0.793. The van der Waals surface area contributed by atoms with Crippen LogP contribution in [-0.4, -0.2) is 23.1 Å². The number of nitrogens with one attached hydrogen (secondary N) is 1. The van der Waals surface area contributed by atoms with Crippen molar-refractivity contribution >= 4 is 5.91 Å². The first kappa shape index (κ1) is 14.9. The summed E-state index contributed by atoms with van der Waals surface area (Å²) in [5, 5.41) is 12.5. The lowest BCUT2D eigenvalue weighted by Crippen LogP contribution is -2.55. The molecule has 0 aromatic heterocycles. The average Bonchev–Trinajstić information content (AvgIpc) is 2.41. The van der Waals surface area contributed by atoms with Crippen LogP contribution in [0.4, 0.5) is 0 Å². The van der Waals surface area contributed by atoms with Gasteiger partial charge in [0.1, 0.15) is 5.75 Å². The molecule has 1 fully saturated rings. The minimum absolute atomic E-state index is 0.0949. The van der Waals surface area contributed by atoms with Crippen LogP contribution in [0.25, 0.3) is 0 Å². The van der Waals surface area contributed by atoms with Gasteiger partial charge < -0.3 is 16.2 Å². The fraction of sp³-hybridized carbons (Fsp3) is 0.562. The normalized spacial score (nSPS) is 26.2. The first-order chi connectivity index (χ1) is 9.46. The van der Waals surface area contributed by atoms with Crippen molar-refractivity contribution in [3.05, 3.63) is 29.3 Å². The van der Waals surface area contributed by atoms with Gasteiger partial charge in [-0.1, -0.05) is 6.92 Å². The fourth-order valence-electron chi connectivity index (χ4n) is 2.91. The van der Waals surface area contributed by atoms with Crippen molar-refractivity contribution in [3.63, 3.8) is 0 Å². The van der Waals surface area contributed by atoms with Crippen LogP contribution in [0.1, 0.15) is 48.5 Å². The van der Waals surface area contributed by atoms with E-state index in [9.17, 15) is 9.90 Å². The topological polar surface area (TPSA) is 75.3 Å². The van der Waals surface area contributed by atoms with Crippen molar-refractivity contribution in [2.45, 2.75) is 45.1 Å². The molecule has 0 atom stereocenters. The van der Waals surface area contributed by atoms with Crippen LogP contribution >= 0.6 is 0 Å². The molecule has 0 radical (unpaired) electrons. The second-order valence-electron chi connectivity index (χ2n) is 6.12. The molecule has 0 saturated heterocycles. The number of carbonyl (C=O) groups excluding carboxylic acids is 1. The van der Waals surface area contributed by atoms with Crippen molar-refractivity contribution in [1.29, 1.82) is 0 Å². The van der Waals surface area contributed by atoms with Gasteiger partial charge in [-0.2, -0.15) is 0 Å². The molecule has 110 valence electrons. The third-order valence-corrected chi connectivity index (χ3v) is 4.46. The summed E-state index contributed by atoms with van der Waals surface area (Å²) in [7, 11) is 0. The molecule has 0 unspecified atom stereocenters. The number of aromatic hydroxyl groups is 1. The van der Waals surface area contributed by atoms with Gasteiger partial charge in [-0.15, -0.1) is 0 Å². The molecule has 4 N–H and O–H groups in total. The van der Waals surface area contributed by atoms with Gasteiger partial charge in [0, 0.05) is 12.1 Å². The maximum absolute atomic E-state index is 12.4. The zero-order valence-corrected chi connectivity index (χ0v) is 12.3. The van der Waals surface area contributed by atoms with Crippen LogP contribution in [0.5, 0.6) is 5.75 Å². The third kappa shape index (κ3) is 3.12. The predicted molar refractivity (Wildman–Crippen MR) is 79.7 cm³/mol. The number of hydrogen-bond acceptors (Lipinski definition) is 3. The summed E-state index contributed by atoms with van der Waals surface area (Å²) >= 11 is 0. The Kier molecular flexibility index (Phi) is 4.33. The van der Waals surface area contributed by atoms with E-state index in [1.54, 1.807) is 18.2 Å². The van der Waals surface area contributed by atoms with E-state index in [1.807, 2.05) is 6.92 Å². The standard InChI is InChI=1S/C16H24N2O2/c1-11-5-7-16(10-17,8-6-11)18-15(20)14-4-3-13(19)9-12(14)2/h3-4,9,11,19H,5-8,10,17H2,1-2H3,(H,18,20). The fourth-order valence-corrected chi connectivity index (χ4v) is 2.91. The number of phenols is 1. The maximum Gasteiger partial charge on any atom is 0.252 e. The predicted octanol–water partition coefficient (Wildman–Crippen LogP) is 2.34. The molecule has 0 aliphatic heterocycles. The minimum Gasteiger partial charge on any atom is -0.508 e. The number of carbonyl (C=O) groups is 1. The SMILES string of the molecule is Cc1cc(O)ccc1C(=O)NC1(CN)CCC(C)CC1. The zero-order valence-electron chi connectivity index (χ0n) is 12.3. The Morgan fingerprint density at radius 3 is 2.65 bits per heavy atom. The second-order valence-corrected chi connectivity index (χ2v) is 6.12. The number of nitrogens with two attached hydrogens (primary N) is 1. The molecule has 0 spiro atoms. The summed E-state index contributed by atoms with van der Waals surface area (Å²) in [5.41, 5.74) is 7.03. The Morgan fingerprint density at radius 2 is 2.10 bits per heavy atom. The highest BCUT2D eigenvalue weighted by Crippen LogP contribution is 2.31.